The predicted molar refractivity (Wildman–Crippen MR) is 167 cm³/mol. The Kier molecular flexibility index (Phi) is 12.0. The summed E-state index contributed by atoms with van der Waals surface area (Å²) < 4.78 is 0. The molecule has 0 saturated carbocycles. The van der Waals surface area contributed by atoms with Crippen LogP contribution in [0.2, 0.25) is 0 Å². The highest BCUT2D eigenvalue weighted by Crippen LogP contribution is 2.38. The number of hydrogen-bond acceptors (Lipinski definition) is 10. The van der Waals surface area contributed by atoms with Gasteiger partial charge >= 0.3 is 5.97 Å². The number of carboxylic acids is 1. The summed E-state index contributed by atoms with van der Waals surface area (Å²) in [6, 6.07) is 1.57. The number of carboxylic acid groups (broad SMARTS) is 1. The fourth-order valence-electron chi connectivity index (χ4n) is 4.94. The van der Waals surface area contributed by atoms with Gasteiger partial charge in [0.25, 0.3) is 0 Å². The van der Waals surface area contributed by atoms with Gasteiger partial charge in [-0.3, -0.25) is 28.8 Å². The first-order valence-corrected chi connectivity index (χ1v) is 14.7. The number of hydrogen-bond donors (Lipinski definition) is 8. The van der Waals surface area contributed by atoms with Gasteiger partial charge < -0.3 is 51.5 Å². The molecule has 0 aliphatic carbocycles. The summed E-state index contributed by atoms with van der Waals surface area (Å²) in [6.07, 6.45) is 0.152. The number of aliphatic hydroxyl groups is 1. The van der Waals surface area contributed by atoms with Crippen LogP contribution in [0.5, 0.6) is 11.5 Å². The van der Waals surface area contributed by atoms with E-state index in [-0.39, 0.29) is 34.6 Å². The van der Waals surface area contributed by atoms with Crippen LogP contribution in [-0.4, -0.2) is 124 Å². The van der Waals surface area contributed by atoms with E-state index in [9.17, 15) is 54.0 Å². The lowest BCUT2D eigenvalue weighted by atomic mass is 9.94. The molecule has 4 bridgehead atoms. The van der Waals surface area contributed by atoms with Crippen LogP contribution >= 0.6 is 0 Å². The summed E-state index contributed by atoms with van der Waals surface area (Å²) >= 11 is 0. The van der Waals surface area contributed by atoms with Crippen molar-refractivity contribution in [1.82, 2.24) is 31.1 Å². The van der Waals surface area contributed by atoms with E-state index in [1.54, 1.807) is 0 Å². The molecule has 1 heterocycles. The average Bonchev–Trinajstić information content (AvgIpc) is 3.04. The van der Waals surface area contributed by atoms with E-state index in [2.05, 4.69) is 21.3 Å². The molecular weight excluding hydrogens is 632 g/mol. The quantitative estimate of drug-likeness (QED) is 0.128. The molecule has 2 aromatic carbocycles. The van der Waals surface area contributed by atoms with Gasteiger partial charge in [-0.15, -0.1) is 0 Å². The van der Waals surface area contributed by atoms with Crippen molar-refractivity contribution in [3.63, 3.8) is 0 Å². The van der Waals surface area contributed by atoms with E-state index in [4.69, 9.17) is 0 Å². The highest BCUT2D eigenvalue weighted by atomic mass is 16.4. The fourth-order valence-corrected chi connectivity index (χ4v) is 4.94. The number of amides is 6. The molecule has 0 aromatic heterocycles. The zero-order chi connectivity index (χ0) is 35.9. The van der Waals surface area contributed by atoms with Gasteiger partial charge in [0.2, 0.25) is 35.9 Å². The van der Waals surface area contributed by atoms with Gasteiger partial charge in [0.1, 0.15) is 41.7 Å². The van der Waals surface area contributed by atoms with Crippen molar-refractivity contribution in [3.8, 4) is 22.6 Å². The molecular formula is C31H38N6O11. The molecule has 8 N–H and O–H groups in total. The fraction of sp³-hybridized carbons (Fsp3) is 0.387. The minimum Gasteiger partial charge on any atom is -0.507 e. The zero-order valence-electron chi connectivity index (χ0n) is 26.6. The number of aliphatic carboxylic acids is 1. The molecule has 0 radical (unpaired) electrons. The number of carbonyl (C=O) groups excluding carboxylic acids is 6. The third-order valence-corrected chi connectivity index (χ3v) is 7.82. The Morgan fingerprint density at radius 1 is 0.979 bits per heavy atom. The Balaban J connectivity index is 1.93. The Hall–Kier alpha value is -5.71. The molecule has 1 aliphatic heterocycles. The number of nitrogens with one attached hydrogen (secondary N) is 4. The molecule has 0 saturated heterocycles. The van der Waals surface area contributed by atoms with Gasteiger partial charge in [-0.2, -0.15) is 0 Å². The van der Waals surface area contributed by atoms with Crippen molar-refractivity contribution in [2.75, 3.05) is 27.2 Å². The number of nitrogens with zero attached hydrogens (tertiary/aromatic N) is 2. The van der Waals surface area contributed by atoms with Gasteiger partial charge in [0.05, 0.1) is 13.2 Å². The number of aliphatic hydroxyl groups excluding tert-OH is 1. The van der Waals surface area contributed by atoms with E-state index in [1.165, 1.54) is 64.3 Å². The minimum atomic E-state index is -1.46. The Morgan fingerprint density at radius 2 is 1.60 bits per heavy atom. The van der Waals surface area contributed by atoms with Crippen LogP contribution in [0.4, 0.5) is 0 Å². The number of likely N-dealkylation sites (N-methyl/N-ethyl adjacent to an activating group) is 2. The summed E-state index contributed by atoms with van der Waals surface area (Å²) in [7, 11) is 2.52. The standard InChI is InChI=1S/C31H38N6O11/c1-15(33-29(45)22(13-38)36(3)14-39)27(43)32-12-25(42)37(4)26-18-6-8-24(41)20(11-18)19-9-17(5-7-23(19)40)10-21(31(47)48)35-28(44)16(2)34-30(26)46/h5-9,11,14-16,21-22,26,38,40-41H,10,12-13H2,1-4H3,(H,32,43)(H,33,45)(H,34,46)(H,35,44)(H,47,48). The third kappa shape index (κ3) is 8.55. The lowest BCUT2D eigenvalue weighted by Gasteiger charge is -2.30. The first-order valence-electron chi connectivity index (χ1n) is 14.7. The summed E-state index contributed by atoms with van der Waals surface area (Å²) in [6.45, 7) is 1.28. The monoisotopic (exact) mass is 670 g/mol. The largest absolute Gasteiger partial charge is 0.507 e. The number of phenolic OH excluding ortho intramolecular Hbond substituents is 2. The summed E-state index contributed by atoms with van der Waals surface area (Å²) in [5.41, 5.74) is 0.703. The normalized spacial score (nSPS) is 18.9. The van der Waals surface area contributed by atoms with Crippen LogP contribution in [-0.2, 0) is 40.0 Å². The van der Waals surface area contributed by atoms with Gasteiger partial charge in [-0.25, -0.2) is 4.79 Å². The highest BCUT2D eigenvalue weighted by Gasteiger charge is 2.33. The maximum absolute atomic E-state index is 13.7. The van der Waals surface area contributed by atoms with Crippen LogP contribution in [0, 0.1) is 0 Å². The molecule has 17 nitrogen and oxygen atoms in total. The smallest absolute Gasteiger partial charge is 0.326 e. The molecule has 0 spiro atoms. The topological polar surface area (TPSA) is 255 Å². The van der Waals surface area contributed by atoms with Gasteiger partial charge in [0.15, 0.2) is 0 Å². The second-order valence-electron chi connectivity index (χ2n) is 11.3. The van der Waals surface area contributed by atoms with Crippen LogP contribution < -0.4 is 21.3 Å². The molecule has 3 rings (SSSR count). The molecule has 0 fully saturated rings. The predicted octanol–water partition coefficient (Wildman–Crippen LogP) is -2.04. The van der Waals surface area contributed by atoms with Crippen LogP contribution in [0.3, 0.4) is 0 Å². The van der Waals surface area contributed by atoms with Gasteiger partial charge in [0, 0.05) is 31.6 Å². The van der Waals surface area contributed by atoms with Gasteiger partial charge in [-0.05, 0) is 49.2 Å². The number of fused-ring (bicyclic) bond motifs is 5. The molecule has 6 amide bonds. The summed E-state index contributed by atoms with van der Waals surface area (Å²) in [5, 5.41) is 50.1. The van der Waals surface area contributed by atoms with Gasteiger partial charge in [-0.1, -0.05) is 12.1 Å². The van der Waals surface area contributed by atoms with Crippen molar-refractivity contribution >= 4 is 41.9 Å². The SMILES string of the molecule is CC(NC(=O)C(CO)N(C)C=O)C(=O)NCC(=O)N(C)C1C(=O)NC(C)C(=O)NC(C(=O)O)Cc2ccc(O)c(c2)-c2cc1ccc2O. The Morgan fingerprint density at radius 3 is 2.21 bits per heavy atom. The highest BCUT2D eigenvalue weighted by molar-refractivity contribution is 5.96. The van der Waals surface area contributed by atoms with Crippen LogP contribution in [0.25, 0.3) is 11.1 Å². The average molecular weight is 671 g/mol. The molecule has 2 aromatic rings. The van der Waals surface area contributed by atoms with E-state index in [0.717, 1.165) is 9.80 Å². The lowest BCUT2D eigenvalue weighted by molar-refractivity contribution is -0.143. The first kappa shape index (κ1) is 36.8. The Labute approximate surface area is 274 Å². The molecule has 48 heavy (non-hydrogen) atoms. The van der Waals surface area contributed by atoms with Crippen molar-refractivity contribution in [3.05, 3.63) is 47.5 Å². The second-order valence-corrected chi connectivity index (χ2v) is 11.3. The van der Waals surface area contributed by atoms with Crippen molar-refractivity contribution in [2.45, 2.75) is 50.5 Å². The number of benzene rings is 2. The summed E-state index contributed by atoms with van der Waals surface area (Å²) in [5.74, 6) is -6.03. The zero-order valence-corrected chi connectivity index (χ0v) is 26.6. The second kappa shape index (κ2) is 15.7. The lowest BCUT2D eigenvalue weighted by Crippen LogP contribution is -2.54. The van der Waals surface area contributed by atoms with E-state index in [0.29, 0.717) is 12.0 Å². The minimum absolute atomic E-state index is 0.0609. The van der Waals surface area contributed by atoms with Crippen LogP contribution in [0.1, 0.15) is 31.0 Å². The maximum atomic E-state index is 13.7. The molecule has 1 aliphatic rings. The number of carbonyl (C=O) groups is 7. The van der Waals surface area contributed by atoms with E-state index < -0.39 is 78.9 Å². The number of aromatic hydroxyl groups is 2. The molecule has 5 atom stereocenters. The van der Waals surface area contributed by atoms with Crippen molar-refractivity contribution in [1.29, 1.82) is 0 Å². The number of phenols is 2. The first-order chi connectivity index (χ1) is 22.6. The molecule has 258 valence electrons. The number of rotatable bonds is 10. The third-order valence-electron chi connectivity index (χ3n) is 7.82. The van der Waals surface area contributed by atoms with Crippen molar-refractivity contribution < 1.29 is 54.0 Å². The molecule has 17 heteroatoms. The molecule has 5 unspecified atom stereocenters. The maximum Gasteiger partial charge on any atom is 0.326 e. The van der Waals surface area contributed by atoms with Crippen molar-refractivity contribution in [2.24, 2.45) is 0 Å². The van der Waals surface area contributed by atoms with Crippen LogP contribution in [0.15, 0.2) is 36.4 Å². The summed E-state index contributed by atoms with van der Waals surface area (Å²) in [4.78, 5) is 89.9. The van der Waals surface area contributed by atoms with E-state index in [1.807, 2.05) is 0 Å². The Bertz CT molecular complexity index is 1600. The van der Waals surface area contributed by atoms with E-state index >= 15 is 0 Å².